The molecule has 0 aromatic carbocycles. The van der Waals surface area contributed by atoms with E-state index in [-0.39, 0.29) is 0 Å². The summed E-state index contributed by atoms with van der Waals surface area (Å²) < 4.78 is 0. The van der Waals surface area contributed by atoms with Crippen molar-refractivity contribution < 1.29 is 5.53 Å². The standard InChI is InChI=1S/C16H19N7S/c1-2-11(7-22(5-1)8-12-6-17-10-24-12)14-15-13-3-4-18-16(13)19-9-23(15)21-20-14/h3-4,6,9-11,18,20-21H,1-2,5,7-8H2/p+1. The van der Waals surface area contributed by atoms with Gasteiger partial charge in [0.1, 0.15) is 11.5 Å². The maximum absolute atomic E-state index is 4.46. The molecule has 5 rings (SSSR count). The number of piperidine rings is 1. The van der Waals surface area contributed by atoms with Crippen LogP contribution < -0.4 is 11.0 Å². The lowest BCUT2D eigenvalue weighted by atomic mass is 9.92. The van der Waals surface area contributed by atoms with Crippen LogP contribution in [0.2, 0.25) is 0 Å². The van der Waals surface area contributed by atoms with Gasteiger partial charge in [0, 0.05) is 41.8 Å². The summed E-state index contributed by atoms with van der Waals surface area (Å²) in [6.45, 7) is 3.26. The van der Waals surface area contributed by atoms with Crippen LogP contribution in [0, 0.1) is 5.92 Å². The van der Waals surface area contributed by atoms with Crippen LogP contribution in [0.3, 0.4) is 0 Å². The van der Waals surface area contributed by atoms with Crippen LogP contribution >= 0.6 is 11.3 Å². The summed E-state index contributed by atoms with van der Waals surface area (Å²) in [5.74, 6) is 1.48. The van der Waals surface area contributed by atoms with Crippen molar-refractivity contribution in [3.63, 3.8) is 0 Å². The molecule has 24 heavy (non-hydrogen) atoms. The highest BCUT2D eigenvalue weighted by Crippen LogP contribution is 2.36. The van der Waals surface area contributed by atoms with Crippen molar-refractivity contribution in [3.05, 3.63) is 40.1 Å². The number of aromatic nitrogens is 2. The summed E-state index contributed by atoms with van der Waals surface area (Å²) in [7, 11) is 0. The molecule has 0 radical (unpaired) electrons. The van der Waals surface area contributed by atoms with Gasteiger partial charge in [-0.15, -0.1) is 16.9 Å². The molecular formula is C16H20N7S+. The van der Waals surface area contributed by atoms with Crippen molar-refractivity contribution in [2.24, 2.45) is 10.9 Å². The number of fused-ring (bicyclic) bond motifs is 3. The Morgan fingerprint density at radius 3 is 3.33 bits per heavy atom. The highest BCUT2D eigenvalue weighted by atomic mass is 32.1. The van der Waals surface area contributed by atoms with E-state index in [1.807, 2.05) is 29.8 Å². The molecule has 0 aliphatic carbocycles. The van der Waals surface area contributed by atoms with Crippen molar-refractivity contribution in [1.29, 1.82) is 0 Å². The van der Waals surface area contributed by atoms with E-state index in [4.69, 9.17) is 0 Å². The highest BCUT2D eigenvalue weighted by Gasteiger charge is 2.36. The number of hydrogen-bond donors (Lipinski definition) is 3. The van der Waals surface area contributed by atoms with E-state index in [9.17, 15) is 0 Å². The van der Waals surface area contributed by atoms with Gasteiger partial charge in [0.05, 0.1) is 11.2 Å². The number of aliphatic imine (C=N–C) groups is 1. The van der Waals surface area contributed by atoms with Crippen LogP contribution in [-0.4, -0.2) is 39.3 Å². The molecule has 4 N–H and O–H groups in total. The van der Waals surface area contributed by atoms with E-state index in [0.717, 1.165) is 18.9 Å². The van der Waals surface area contributed by atoms with Crippen molar-refractivity contribution in [3.8, 4) is 0 Å². The molecule has 1 fully saturated rings. The van der Waals surface area contributed by atoms with Gasteiger partial charge in [-0.2, -0.15) is 5.01 Å². The Hall–Kier alpha value is -2.16. The Bertz CT molecular complexity index is 791. The third kappa shape index (κ3) is 2.34. The fourth-order valence-electron chi connectivity index (χ4n) is 3.85. The smallest absolute Gasteiger partial charge is 0.151 e. The second-order valence-electron chi connectivity index (χ2n) is 6.47. The summed E-state index contributed by atoms with van der Waals surface area (Å²) in [5.41, 5.74) is 11.2. The zero-order valence-corrected chi connectivity index (χ0v) is 14.1. The molecule has 1 saturated heterocycles. The van der Waals surface area contributed by atoms with E-state index in [1.54, 1.807) is 11.3 Å². The summed E-state index contributed by atoms with van der Waals surface area (Å²) in [6.07, 6.45) is 8.29. The molecule has 5 heterocycles. The molecule has 3 aliphatic heterocycles. The summed E-state index contributed by atoms with van der Waals surface area (Å²) >= 11 is 1.74. The van der Waals surface area contributed by atoms with Gasteiger partial charge in [0.15, 0.2) is 6.34 Å². The van der Waals surface area contributed by atoms with Gasteiger partial charge in [-0.1, -0.05) is 0 Å². The molecule has 0 bridgehead atoms. The van der Waals surface area contributed by atoms with Crippen molar-refractivity contribution in [1.82, 2.24) is 25.3 Å². The monoisotopic (exact) mass is 342 g/mol. The average molecular weight is 342 g/mol. The number of quaternary nitrogens is 1. The molecule has 3 aliphatic rings. The number of nitrogens with zero attached hydrogens (tertiary/aromatic N) is 4. The van der Waals surface area contributed by atoms with Crippen molar-refractivity contribution >= 4 is 29.2 Å². The van der Waals surface area contributed by atoms with Crippen LogP contribution in [0.4, 0.5) is 5.82 Å². The molecule has 2 aromatic rings. The molecule has 2 aromatic heterocycles. The average Bonchev–Trinajstić information content (AvgIpc) is 3.34. The molecule has 0 amide bonds. The topological polar surface area (TPSA) is 76.2 Å². The third-order valence-corrected chi connectivity index (χ3v) is 5.71. The summed E-state index contributed by atoms with van der Waals surface area (Å²) in [5, 5.41) is 2.10. The number of thiazole rings is 1. The number of nitrogens with one attached hydrogen (secondary N) is 2. The minimum absolute atomic E-state index is 0.525. The quantitative estimate of drug-likeness (QED) is 0.728. The maximum Gasteiger partial charge on any atom is 0.151 e. The fourth-order valence-corrected chi connectivity index (χ4v) is 4.49. The predicted octanol–water partition coefficient (Wildman–Crippen LogP) is 1.02. The Kier molecular flexibility index (Phi) is 3.39. The Labute approximate surface area is 144 Å². The SMILES string of the molecule is C1=Nc2[nH]ccc2C2=C(C3CCCN(Cc4cncs4)C3)N[NH2+]N12. The van der Waals surface area contributed by atoms with E-state index in [2.05, 4.69) is 36.4 Å². The van der Waals surface area contributed by atoms with E-state index in [0.29, 0.717) is 5.92 Å². The lowest BCUT2D eigenvalue weighted by Gasteiger charge is -2.32. The molecule has 1 atom stereocenters. The number of H-pyrrole nitrogens is 1. The molecule has 1 unspecified atom stereocenters. The largest absolute Gasteiger partial charge is 0.346 e. The van der Waals surface area contributed by atoms with Crippen LogP contribution in [0.15, 0.2) is 34.7 Å². The van der Waals surface area contributed by atoms with Crippen LogP contribution in [0.25, 0.3) is 5.70 Å². The molecule has 0 spiro atoms. The number of nitrogens with two attached hydrogens (primary N) is 1. The van der Waals surface area contributed by atoms with Crippen LogP contribution in [0.5, 0.6) is 0 Å². The maximum atomic E-state index is 4.46. The van der Waals surface area contributed by atoms with Gasteiger partial charge < -0.3 is 4.98 Å². The Balaban J connectivity index is 1.41. The molecular weight excluding hydrogens is 322 g/mol. The molecule has 124 valence electrons. The minimum Gasteiger partial charge on any atom is -0.346 e. The first-order valence-corrected chi connectivity index (χ1v) is 9.20. The number of rotatable bonds is 3. The molecule has 8 heteroatoms. The zero-order chi connectivity index (χ0) is 15.9. The summed E-state index contributed by atoms with van der Waals surface area (Å²) in [6, 6.07) is 2.12. The van der Waals surface area contributed by atoms with E-state index >= 15 is 0 Å². The van der Waals surface area contributed by atoms with Crippen molar-refractivity contribution in [2.75, 3.05) is 13.1 Å². The van der Waals surface area contributed by atoms with E-state index in [1.165, 1.54) is 41.2 Å². The Morgan fingerprint density at radius 2 is 2.42 bits per heavy atom. The Morgan fingerprint density at radius 1 is 1.42 bits per heavy atom. The van der Waals surface area contributed by atoms with Crippen LogP contribution in [-0.2, 0) is 6.54 Å². The second-order valence-corrected chi connectivity index (χ2v) is 7.44. The first-order chi connectivity index (χ1) is 11.9. The lowest BCUT2D eigenvalue weighted by molar-refractivity contribution is -0.800. The first-order valence-electron chi connectivity index (χ1n) is 8.32. The van der Waals surface area contributed by atoms with Crippen molar-refractivity contribution in [2.45, 2.75) is 19.4 Å². The zero-order valence-electron chi connectivity index (χ0n) is 13.3. The second kappa shape index (κ2) is 5.73. The number of hydrogen-bond acceptors (Lipinski definition) is 6. The third-order valence-electron chi connectivity index (χ3n) is 4.94. The number of aromatic amines is 1. The van der Waals surface area contributed by atoms with Gasteiger partial charge >= 0.3 is 0 Å². The van der Waals surface area contributed by atoms with Gasteiger partial charge in [0.25, 0.3) is 0 Å². The van der Waals surface area contributed by atoms with Gasteiger partial charge in [-0.25, -0.2) is 10.4 Å². The highest BCUT2D eigenvalue weighted by molar-refractivity contribution is 7.09. The lowest BCUT2D eigenvalue weighted by Crippen LogP contribution is -2.97. The fraction of sp³-hybridized carbons (Fsp3) is 0.375. The van der Waals surface area contributed by atoms with Gasteiger partial charge in [0.2, 0.25) is 0 Å². The first kappa shape index (κ1) is 14.2. The molecule has 0 saturated carbocycles. The van der Waals surface area contributed by atoms with Crippen LogP contribution in [0.1, 0.15) is 23.3 Å². The van der Waals surface area contributed by atoms with Gasteiger partial charge in [-0.05, 0) is 25.5 Å². The predicted molar refractivity (Wildman–Crippen MR) is 92.9 cm³/mol. The minimum atomic E-state index is 0.525. The normalized spacial score (nSPS) is 23.3. The van der Waals surface area contributed by atoms with E-state index < -0.39 is 0 Å². The molecule has 7 nitrogen and oxygen atoms in total. The van der Waals surface area contributed by atoms with Gasteiger partial charge in [-0.3, -0.25) is 9.88 Å². The number of likely N-dealkylation sites (tertiary alicyclic amines) is 1. The summed E-state index contributed by atoms with van der Waals surface area (Å²) in [4.78, 5) is 15.8.